The van der Waals surface area contributed by atoms with Gasteiger partial charge in [-0.25, -0.2) is 0 Å². The number of allylic oxidation sites excluding steroid dienone is 1. The van der Waals surface area contributed by atoms with Gasteiger partial charge in [-0.15, -0.1) is 0 Å². The molecule has 0 radical (unpaired) electrons. The molecule has 0 fully saturated rings. The standard InChI is InChI=1S/C68H135NO4/c1-3-5-7-9-11-13-15-17-19-21-23-25-27-29-30-31-32-33-34-35-36-38-39-41-43-45-47-49-51-53-55-57-59-61-65(71)63-68(73)69-66(64-70)67(72)62-60-58-56-54-52-50-48-46-44-42-40-37-28-26-24-22-20-18-16-14-12-10-8-6-4-2/h60,62,65-67,70-72H,3-59,61,63-64H2,1-2H3,(H,69,73)/b62-60+. The SMILES string of the molecule is CCCCCCCCCCCCCCCCCCCCCCCCC/C=C/C(O)C(CO)NC(=O)CC(O)CCCCCCCCCCCCCCCCCCCCCCCCCCCCCCCCCCC. The summed E-state index contributed by atoms with van der Waals surface area (Å²) in [6, 6.07) is -0.742. The lowest BCUT2D eigenvalue weighted by molar-refractivity contribution is -0.124. The molecule has 0 aromatic carbocycles. The maximum Gasteiger partial charge on any atom is 0.222 e. The van der Waals surface area contributed by atoms with E-state index in [0.29, 0.717) is 6.42 Å². The fourth-order valence-electron chi connectivity index (χ4n) is 11.2. The van der Waals surface area contributed by atoms with Gasteiger partial charge in [-0.3, -0.25) is 4.79 Å². The third kappa shape index (κ3) is 60.2. The highest BCUT2D eigenvalue weighted by Gasteiger charge is 2.20. The van der Waals surface area contributed by atoms with Gasteiger partial charge in [-0.2, -0.15) is 0 Å². The van der Waals surface area contributed by atoms with Crippen molar-refractivity contribution in [2.45, 2.75) is 411 Å². The molecule has 5 nitrogen and oxygen atoms in total. The number of hydrogen-bond donors (Lipinski definition) is 4. The van der Waals surface area contributed by atoms with Crippen molar-refractivity contribution >= 4 is 5.91 Å². The van der Waals surface area contributed by atoms with Gasteiger partial charge >= 0.3 is 0 Å². The first-order valence-corrected chi connectivity index (χ1v) is 34.0. The summed E-state index contributed by atoms with van der Waals surface area (Å²) in [6.07, 6.45) is 81.7. The van der Waals surface area contributed by atoms with Crippen LogP contribution in [-0.2, 0) is 4.79 Å². The second-order valence-corrected chi connectivity index (χ2v) is 23.8. The normalized spacial score (nSPS) is 13.1. The van der Waals surface area contributed by atoms with Crippen LogP contribution in [0.5, 0.6) is 0 Å². The van der Waals surface area contributed by atoms with Gasteiger partial charge in [-0.05, 0) is 19.3 Å². The van der Waals surface area contributed by atoms with E-state index in [-0.39, 0.29) is 18.9 Å². The maximum absolute atomic E-state index is 12.6. The molecule has 3 unspecified atom stereocenters. The zero-order valence-electron chi connectivity index (χ0n) is 50.1. The lowest BCUT2D eigenvalue weighted by Crippen LogP contribution is -2.45. The highest BCUT2D eigenvalue weighted by atomic mass is 16.3. The van der Waals surface area contributed by atoms with Crippen LogP contribution < -0.4 is 5.32 Å². The Morgan fingerprint density at radius 3 is 0.795 bits per heavy atom. The Kier molecular flexibility index (Phi) is 62.8. The number of amides is 1. The number of aliphatic hydroxyl groups excluding tert-OH is 3. The highest BCUT2D eigenvalue weighted by Crippen LogP contribution is 2.20. The van der Waals surface area contributed by atoms with Crippen LogP contribution in [0.4, 0.5) is 0 Å². The van der Waals surface area contributed by atoms with E-state index in [1.54, 1.807) is 6.08 Å². The van der Waals surface area contributed by atoms with Crippen molar-refractivity contribution in [2.75, 3.05) is 6.61 Å². The lowest BCUT2D eigenvalue weighted by atomic mass is 10.0. The first-order chi connectivity index (χ1) is 36.0. The Morgan fingerprint density at radius 1 is 0.342 bits per heavy atom. The largest absolute Gasteiger partial charge is 0.394 e. The molecule has 0 aliphatic rings. The minimum absolute atomic E-state index is 0.0199. The maximum atomic E-state index is 12.6. The molecule has 0 aromatic heterocycles. The topological polar surface area (TPSA) is 89.8 Å². The number of nitrogens with one attached hydrogen (secondary N) is 1. The highest BCUT2D eigenvalue weighted by molar-refractivity contribution is 5.76. The monoisotopic (exact) mass is 1030 g/mol. The summed E-state index contributed by atoms with van der Waals surface area (Å²) < 4.78 is 0. The minimum atomic E-state index is -0.927. The van der Waals surface area contributed by atoms with Gasteiger partial charge in [-0.1, -0.05) is 379 Å². The quantitative estimate of drug-likeness (QED) is 0.0361. The van der Waals surface area contributed by atoms with Crippen LogP contribution in [0.25, 0.3) is 0 Å². The van der Waals surface area contributed by atoms with Crippen LogP contribution in [0.1, 0.15) is 393 Å². The molecule has 0 heterocycles. The Bertz CT molecular complexity index is 1050. The first kappa shape index (κ1) is 72.1. The van der Waals surface area contributed by atoms with E-state index in [1.165, 1.54) is 340 Å². The van der Waals surface area contributed by atoms with Gasteiger partial charge in [0.1, 0.15) is 0 Å². The van der Waals surface area contributed by atoms with E-state index >= 15 is 0 Å². The number of aliphatic hydroxyl groups is 3. The third-order valence-corrected chi connectivity index (χ3v) is 16.3. The zero-order chi connectivity index (χ0) is 52.9. The van der Waals surface area contributed by atoms with Gasteiger partial charge in [0.15, 0.2) is 0 Å². The number of unbranched alkanes of at least 4 members (excludes halogenated alkanes) is 55. The van der Waals surface area contributed by atoms with Crippen LogP contribution >= 0.6 is 0 Å². The van der Waals surface area contributed by atoms with Gasteiger partial charge < -0.3 is 20.6 Å². The van der Waals surface area contributed by atoms with Crippen LogP contribution in [-0.4, -0.2) is 46.1 Å². The van der Waals surface area contributed by atoms with E-state index in [1.807, 2.05) is 6.08 Å². The summed E-state index contributed by atoms with van der Waals surface area (Å²) >= 11 is 0. The van der Waals surface area contributed by atoms with Gasteiger partial charge in [0.25, 0.3) is 0 Å². The van der Waals surface area contributed by atoms with Crippen molar-refractivity contribution in [1.82, 2.24) is 5.32 Å². The predicted molar refractivity (Wildman–Crippen MR) is 324 cm³/mol. The summed E-state index contributed by atoms with van der Waals surface area (Å²) in [5.41, 5.74) is 0. The van der Waals surface area contributed by atoms with Gasteiger partial charge in [0.2, 0.25) is 5.91 Å². The van der Waals surface area contributed by atoms with Crippen molar-refractivity contribution in [2.24, 2.45) is 0 Å². The zero-order valence-corrected chi connectivity index (χ0v) is 50.1. The lowest BCUT2D eigenvalue weighted by Gasteiger charge is -2.21. The second kappa shape index (κ2) is 63.6. The van der Waals surface area contributed by atoms with E-state index in [9.17, 15) is 20.1 Å². The van der Waals surface area contributed by atoms with E-state index in [0.717, 1.165) is 25.7 Å². The van der Waals surface area contributed by atoms with Crippen LogP contribution in [0.2, 0.25) is 0 Å². The Labute approximate surface area is 459 Å². The summed E-state index contributed by atoms with van der Waals surface area (Å²) in [7, 11) is 0. The molecule has 1 amide bonds. The predicted octanol–water partition coefficient (Wildman–Crippen LogP) is 21.8. The first-order valence-electron chi connectivity index (χ1n) is 34.0. The van der Waals surface area contributed by atoms with E-state index in [2.05, 4.69) is 19.2 Å². The molecule has 0 aromatic rings. The number of hydrogen-bond acceptors (Lipinski definition) is 4. The molecule has 0 saturated carbocycles. The summed E-state index contributed by atoms with van der Waals surface area (Å²) in [5.74, 6) is -0.306. The van der Waals surface area contributed by atoms with Gasteiger partial charge in [0, 0.05) is 0 Å². The van der Waals surface area contributed by atoms with Crippen molar-refractivity contribution in [3.63, 3.8) is 0 Å². The molecule has 0 aliphatic heterocycles. The van der Waals surface area contributed by atoms with Crippen molar-refractivity contribution < 1.29 is 20.1 Å². The summed E-state index contributed by atoms with van der Waals surface area (Å²) in [5, 5.41) is 33.6. The third-order valence-electron chi connectivity index (χ3n) is 16.3. The molecule has 5 heteroatoms. The Morgan fingerprint density at radius 2 is 0.562 bits per heavy atom. The van der Waals surface area contributed by atoms with E-state index < -0.39 is 18.2 Å². The molecule has 3 atom stereocenters. The Hall–Kier alpha value is -0.910. The minimum Gasteiger partial charge on any atom is -0.394 e. The van der Waals surface area contributed by atoms with Crippen LogP contribution in [0, 0.1) is 0 Å². The molecule has 4 N–H and O–H groups in total. The second-order valence-electron chi connectivity index (χ2n) is 23.8. The average Bonchev–Trinajstić information content (AvgIpc) is 3.39. The van der Waals surface area contributed by atoms with Gasteiger partial charge in [0.05, 0.1) is 31.3 Å². The van der Waals surface area contributed by atoms with Crippen molar-refractivity contribution in [3.8, 4) is 0 Å². The van der Waals surface area contributed by atoms with Crippen molar-refractivity contribution in [3.05, 3.63) is 12.2 Å². The van der Waals surface area contributed by atoms with Crippen LogP contribution in [0.3, 0.4) is 0 Å². The molecule has 0 rings (SSSR count). The molecular formula is C68H135NO4. The van der Waals surface area contributed by atoms with E-state index in [4.69, 9.17) is 0 Å². The molecule has 0 aliphatic carbocycles. The molecular weight excluding hydrogens is 895 g/mol. The number of carbonyl (C=O) groups excluding carboxylic acids is 1. The fourth-order valence-corrected chi connectivity index (χ4v) is 11.2. The summed E-state index contributed by atoms with van der Waals surface area (Å²) in [4.78, 5) is 12.6. The molecule has 0 bridgehead atoms. The smallest absolute Gasteiger partial charge is 0.222 e. The molecule has 0 saturated heterocycles. The molecule has 436 valence electrons. The molecule has 0 spiro atoms. The number of rotatable bonds is 64. The number of carbonyl (C=O) groups is 1. The molecule has 73 heavy (non-hydrogen) atoms. The van der Waals surface area contributed by atoms with Crippen LogP contribution in [0.15, 0.2) is 12.2 Å². The average molecular weight is 1030 g/mol. The van der Waals surface area contributed by atoms with Crippen molar-refractivity contribution in [1.29, 1.82) is 0 Å². The fraction of sp³-hybridized carbons (Fsp3) is 0.956. The summed E-state index contributed by atoms with van der Waals surface area (Å²) in [6.45, 7) is 4.27. The Balaban J connectivity index is 3.46.